The van der Waals surface area contributed by atoms with Crippen molar-refractivity contribution in [3.63, 3.8) is 0 Å². The Balaban J connectivity index is 0.000000720. The van der Waals surface area contributed by atoms with Crippen LogP contribution in [0.4, 0.5) is 4.39 Å². The van der Waals surface area contributed by atoms with Crippen LogP contribution in [0.1, 0.15) is 0 Å². The van der Waals surface area contributed by atoms with E-state index in [1.54, 1.807) is 12.1 Å². The fourth-order valence-corrected chi connectivity index (χ4v) is 1.12. The molecule has 2 aromatic carbocycles. The Morgan fingerprint density at radius 1 is 1.08 bits per heavy atom. The summed E-state index contributed by atoms with van der Waals surface area (Å²) in [6.45, 7) is 0. The molecule has 2 heteroatoms. The number of halogens is 1. The van der Waals surface area contributed by atoms with Crippen molar-refractivity contribution in [2.45, 2.75) is 0 Å². The molecular formula is C10H6FLi. The van der Waals surface area contributed by atoms with Crippen molar-refractivity contribution in [3.05, 3.63) is 48.3 Å². The molecule has 0 aliphatic carbocycles. The van der Waals surface area contributed by atoms with Crippen LogP contribution < -0.4 is 18.9 Å². The topological polar surface area (TPSA) is 0 Å². The van der Waals surface area contributed by atoms with Crippen LogP contribution in [-0.4, -0.2) is 0 Å². The first-order chi connectivity index (χ1) is 5.38. The van der Waals surface area contributed by atoms with Crippen molar-refractivity contribution >= 4 is 10.8 Å². The molecule has 0 N–H and O–H groups in total. The molecule has 2 aromatic rings. The first-order valence-corrected chi connectivity index (χ1v) is 3.43. The fraction of sp³-hybridized carbons (Fsp3) is 0. The molecule has 2 rings (SSSR count). The van der Waals surface area contributed by atoms with E-state index >= 15 is 0 Å². The Kier molecular flexibility index (Phi) is 2.92. The SMILES string of the molecule is Fc1[c-]ccc2ccccc12.[Li+]. The van der Waals surface area contributed by atoms with Crippen molar-refractivity contribution in [2.24, 2.45) is 0 Å². The van der Waals surface area contributed by atoms with Crippen LogP contribution in [0.25, 0.3) is 10.8 Å². The summed E-state index contributed by atoms with van der Waals surface area (Å²) in [7, 11) is 0. The van der Waals surface area contributed by atoms with Gasteiger partial charge in [0.15, 0.2) is 0 Å². The maximum absolute atomic E-state index is 12.9. The second kappa shape index (κ2) is 3.76. The van der Waals surface area contributed by atoms with Gasteiger partial charge in [0, 0.05) is 5.82 Å². The summed E-state index contributed by atoms with van der Waals surface area (Å²) in [5.41, 5.74) is 0. The van der Waals surface area contributed by atoms with E-state index in [1.807, 2.05) is 24.3 Å². The minimum atomic E-state index is -0.275. The molecule has 0 atom stereocenters. The van der Waals surface area contributed by atoms with E-state index in [2.05, 4.69) is 6.07 Å². The molecule has 54 valence electrons. The first kappa shape index (κ1) is 9.32. The van der Waals surface area contributed by atoms with Crippen LogP contribution in [0, 0.1) is 11.9 Å². The predicted molar refractivity (Wildman–Crippen MR) is 42.7 cm³/mol. The van der Waals surface area contributed by atoms with E-state index in [9.17, 15) is 4.39 Å². The van der Waals surface area contributed by atoms with Gasteiger partial charge < -0.3 is 0 Å². The van der Waals surface area contributed by atoms with E-state index in [0.29, 0.717) is 5.39 Å². The third-order valence-electron chi connectivity index (χ3n) is 1.67. The fourth-order valence-electron chi connectivity index (χ4n) is 1.12. The summed E-state index contributed by atoms with van der Waals surface area (Å²) in [6, 6.07) is 13.3. The van der Waals surface area contributed by atoms with E-state index in [1.165, 1.54) is 0 Å². The van der Waals surface area contributed by atoms with Crippen LogP contribution in [0.2, 0.25) is 0 Å². The molecular weight excluding hydrogens is 146 g/mol. The van der Waals surface area contributed by atoms with Crippen LogP contribution in [0.3, 0.4) is 0 Å². The average Bonchev–Trinajstić information content (AvgIpc) is 2.06. The molecule has 0 fully saturated rings. The number of rotatable bonds is 0. The minimum Gasteiger partial charge on any atom is -0.235 e. The van der Waals surface area contributed by atoms with Gasteiger partial charge >= 0.3 is 18.9 Å². The first-order valence-electron chi connectivity index (χ1n) is 3.43. The molecule has 0 saturated heterocycles. The van der Waals surface area contributed by atoms with Gasteiger partial charge in [-0.25, -0.2) is 4.39 Å². The van der Waals surface area contributed by atoms with E-state index in [4.69, 9.17) is 0 Å². The number of benzene rings is 2. The van der Waals surface area contributed by atoms with E-state index < -0.39 is 0 Å². The summed E-state index contributed by atoms with van der Waals surface area (Å²) in [6.07, 6.45) is 0. The standard InChI is InChI=1S/C10H6F.Li/c11-10-7-3-5-8-4-1-2-6-9(8)10;/h1-6H;/q-1;+1. The van der Waals surface area contributed by atoms with Gasteiger partial charge in [-0.3, -0.25) is 0 Å². The number of fused-ring (bicyclic) bond motifs is 1. The third kappa shape index (κ3) is 1.53. The zero-order valence-electron chi connectivity index (χ0n) is 6.84. The van der Waals surface area contributed by atoms with Crippen molar-refractivity contribution in [2.75, 3.05) is 0 Å². The second-order valence-corrected chi connectivity index (χ2v) is 2.38. The summed E-state index contributed by atoms with van der Waals surface area (Å²) >= 11 is 0. The number of hydrogen-bond donors (Lipinski definition) is 0. The van der Waals surface area contributed by atoms with Crippen LogP contribution in [-0.2, 0) is 0 Å². The van der Waals surface area contributed by atoms with Gasteiger partial charge in [-0.1, -0.05) is 23.6 Å². The van der Waals surface area contributed by atoms with Gasteiger partial charge in [-0.2, -0.15) is 12.1 Å². The van der Waals surface area contributed by atoms with Gasteiger partial charge in [0.2, 0.25) is 0 Å². The Hall–Kier alpha value is -0.773. The molecule has 0 unspecified atom stereocenters. The third-order valence-corrected chi connectivity index (χ3v) is 1.67. The Bertz CT molecular complexity index is 379. The second-order valence-electron chi connectivity index (χ2n) is 2.38. The Morgan fingerprint density at radius 2 is 1.83 bits per heavy atom. The Morgan fingerprint density at radius 3 is 2.58 bits per heavy atom. The molecule has 0 aliphatic heterocycles. The minimum absolute atomic E-state index is 0. The van der Waals surface area contributed by atoms with Gasteiger partial charge in [-0.05, 0) is 0 Å². The van der Waals surface area contributed by atoms with Crippen LogP contribution in [0.5, 0.6) is 0 Å². The molecule has 0 spiro atoms. The van der Waals surface area contributed by atoms with Crippen molar-refractivity contribution in [1.29, 1.82) is 0 Å². The van der Waals surface area contributed by atoms with Gasteiger partial charge in [-0.15, -0.1) is 17.5 Å². The Labute approximate surface area is 82.6 Å². The summed E-state index contributed by atoms with van der Waals surface area (Å²) < 4.78 is 12.9. The van der Waals surface area contributed by atoms with E-state index in [0.717, 1.165) is 5.39 Å². The van der Waals surface area contributed by atoms with Crippen LogP contribution >= 0.6 is 0 Å². The molecule has 0 nitrogen and oxygen atoms in total. The maximum Gasteiger partial charge on any atom is 1.00 e. The largest absolute Gasteiger partial charge is 1.00 e. The van der Waals surface area contributed by atoms with Gasteiger partial charge in [0.05, 0.1) is 0 Å². The smallest absolute Gasteiger partial charge is 0.235 e. The zero-order chi connectivity index (χ0) is 7.68. The molecule has 0 aliphatic rings. The van der Waals surface area contributed by atoms with Gasteiger partial charge in [0.1, 0.15) is 0 Å². The summed E-state index contributed by atoms with van der Waals surface area (Å²) in [5, 5.41) is 1.55. The molecule has 0 heterocycles. The monoisotopic (exact) mass is 152 g/mol. The van der Waals surface area contributed by atoms with Gasteiger partial charge in [0.25, 0.3) is 0 Å². The molecule has 12 heavy (non-hydrogen) atoms. The average molecular weight is 152 g/mol. The quantitative estimate of drug-likeness (QED) is 0.361. The predicted octanol–water partition coefficient (Wildman–Crippen LogP) is -0.217. The molecule has 0 saturated carbocycles. The molecule has 0 amide bonds. The maximum atomic E-state index is 12.9. The van der Waals surface area contributed by atoms with Crippen molar-refractivity contribution in [3.8, 4) is 0 Å². The summed E-state index contributed by atoms with van der Waals surface area (Å²) in [4.78, 5) is 0. The zero-order valence-corrected chi connectivity index (χ0v) is 6.84. The number of hydrogen-bond acceptors (Lipinski definition) is 0. The molecule has 0 aromatic heterocycles. The summed E-state index contributed by atoms with van der Waals surface area (Å²) in [5.74, 6) is -0.275. The molecule has 0 radical (unpaired) electrons. The van der Waals surface area contributed by atoms with E-state index in [-0.39, 0.29) is 24.7 Å². The normalized spacial score (nSPS) is 9.42. The molecule has 0 bridgehead atoms. The van der Waals surface area contributed by atoms with Crippen molar-refractivity contribution < 1.29 is 23.3 Å². The van der Waals surface area contributed by atoms with Crippen LogP contribution in [0.15, 0.2) is 36.4 Å². The van der Waals surface area contributed by atoms with Crippen molar-refractivity contribution in [1.82, 2.24) is 0 Å².